The van der Waals surface area contributed by atoms with Crippen LogP contribution in [-0.2, 0) is 4.79 Å². The van der Waals surface area contributed by atoms with Gasteiger partial charge in [0.25, 0.3) is 11.6 Å². The molecule has 0 radical (unpaired) electrons. The van der Waals surface area contributed by atoms with Crippen LogP contribution >= 0.6 is 11.8 Å². The fraction of sp³-hybridized carbons (Fsp3) is 0. The molecule has 2 aromatic rings. The van der Waals surface area contributed by atoms with Gasteiger partial charge < -0.3 is 15.5 Å². The monoisotopic (exact) mass is 357 g/mol. The van der Waals surface area contributed by atoms with E-state index in [9.17, 15) is 25.1 Å². The zero-order chi connectivity index (χ0) is 18.0. The Balaban J connectivity index is 1.90. The van der Waals surface area contributed by atoms with Gasteiger partial charge in [-0.3, -0.25) is 14.9 Å². The lowest BCUT2D eigenvalue weighted by atomic mass is 10.2. The molecule has 1 amide bonds. The average Bonchev–Trinajstić information content (AvgIpc) is 2.90. The number of aliphatic imine (C=N–C) groups is 1. The number of para-hydroxylation sites is 2. The number of carbonyl (C=O) groups excluding carboxylic acids is 1. The highest BCUT2D eigenvalue weighted by molar-refractivity contribution is 8.18. The fourth-order valence-electron chi connectivity index (χ4n) is 2.10. The first-order valence-electron chi connectivity index (χ1n) is 6.99. The van der Waals surface area contributed by atoms with Crippen LogP contribution in [0.25, 0.3) is 6.08 Å². The molecular weight excluding hydrogens is 346 g/mol. The van der Waals surface area contributed by atoms with Crippen LogP contribution in [0.3, 0.4) is 0 Å². The molecule has 1 heterocycles. The fourth-order valence-corrected chi connectivity index (χ4v) is 2.92. The van der Waals surface area contributed by atoms with E-state index in [-0.39, 0.29) is 32.9 Å². The standard InChI is InChI=1S/C16H11N3O5S/c20-10-6-5-9(13(21)8-10)7-14-15(22)18-16(25-14)17-11-3-1-2-4-12(11)19(23)24/h1-8,20-21H,(H,17,18,22)/b14-7-. The number of aromatic hydroxyl groups is 2. The minimum atomic E-state index is -0.550. The quantitative estimate of drug-likeness (QED) is 0.441. The molecule has 0 spiro atoms. The van der Waals surface area contributed by atoms with Crippen molar-refractivity contribution in [2.45, 2.75) is 0 Å². The van der Waals surface area contributed by atoms with Gasteiger partial charge in [-0.1, -0.05) is 12.1 Å². The Morgan fingerprint density at radius 2 is 1.96 bits per heavy atom. The summed E-state index contributed by atoms with van der Waals surface area (Å²) in [7, 11) is 0. The largest absolute Gasteiger partial charge is 0.508 e. The molecule has 0 unspecified atom stereocenters. The third-order valence-corrected chi connectivity index (χ3v) is 4.16. The molecule has 8 nitrogen and oxygen atoms in total. The third-order valence-electron chi connectivity index (χ3n) is 3.25. The highest BCUT2D eigenvalue weighted by atomic mass is 32.2. The summed E-state index contributed by atoms with van der Waals surface area (Å²) in [6, 6.07) is 9.94. The van der Waals surface area contributed by atoms with Crippen LogP contribution in [-0.4, -0.2) is 26.2 Å². The Morgan fingerprint density at radius 3 is 2.68 bits per heavy atom. The number of nitrogens with zero attached hydrogens (tertiary/aromatic N) is 2. The van der Waals surface area contributed by atoms with Gasteiger partial charge in [-0.05, 0) is 36.0 Å². The number of hydrogen-bond acceptors (Lipinski definition) is 7. The van der Waals surface area contributed by atoms with Gasteiger partial charge in [0.05, 0.1) is 9.83 Å². The van der Waals surface area contributed by atoms with Crippen molar-refractivity contribution in [2.24, 2.45) is 4.99 Å². The second-order valence-corrected chi connectivity index (χ2v) is 6.00. The van der Waals surface area contributed by atoms with Gasteiger partial charge in [0.15, 0.2) is 5.17 Å². The highest BCUT2D eigenvalue weighted by Gasteiger charge is 2.25. The van der Waals surface area contributed by atoms with E-state index in [0.717, 1.165) is 17.8 Å². The summed E-state index contributed by atoms with van der Waals surface area (Å²) < 4.78 is 0. The Kier molecular flexibility index (Phi) is 4.40. The van der Waals surface area contributed by atoms with Gasteiger partial charge in [0.2, 0.25) is 0 Å². The molecule has 126 valence electrons. The van der Waals surface area contributed by atoms with Crippen LogP contribution < -0.4 is 5.32 Å². The van der Waals surface area contributed by atoms with E-state index in [1.165, 1.54) is 36.4 Å². The number of nitrogens with one attached hydrogen (secondary N) is 1. The molecule has 3 rings (SSSR count). The Morgan fingerprint density at radius 1 is 1.20 bits per heavy atom. The molecule has 0 atom stereocenters. The molecule has 0 aliphatic carbocycles. The first-order chi connectivity index (χ1) is 11.9. The van der Waals surface area contributed by atoms with E-state index in [2.05, 4.69) is 10.3 Å². The Labute approximate surface area is 145 Å². The van der Waals surface area contributed by atoms with Crippen molar-refractivity contribution in [2.75, 3.05) is 0 Å². The van der Waals surface area contributed by atoms with Crippen molar-refractivity contribution in [3.8, 4) is 11.5 Å². The number of benzene rings is 2. The summed E-state index contributed by atoms with van der Waals surface area (Å²) >= 11 is 0.996. The summed E-state index contributed by atoms with van der Waals surface area (Å²) in [5, 5.41) is 32.8. The molecule has 2 aromatic carbocycles. The number of hydrogen-bond donors (Lipinski definition) is 3. The zero-order valence-corrected chi connectivity index (χ0v) is 13.4. The molecule has 25 heavy (non-hydrogen) atoms. The van der Waals surface area contributed by atoms with Crippen molar-refractivity contribution in [1.82, 2.24) is 5.32 Å². The maximum Gasteiger partial charge on any atom is 0.294 e. The van der Waals surface area contributed by atoms with Crippen molar-refractivity contribution in [1.29, 1.82) is 0 Å². The van der Waals surface area contributed by atoms with Gasteiger partial charge in [-0.2, -0.15) is 0 Å². The predicted octanol–water partition coefficient (Wildman–Crippen LogP) is 2.90. The van der Waals surface area contributed by atoms with Crippen LogP contribution in [0.2, 0.25) is 0 Å². The van der Waals surface area contributed by atoms with Gasteiger partial charge in [0, 0.05) is 17.7 Å². The van der Waals surface area contributed by atoms with Crippen LogP contribution in [0.5, 0.6) is 11.5 Å². The third kappa shape index (κ3) is 3.61. The lowest BCUT2D eigenvalue weighted by Crippen LogP contribution is -2.19. The van der Waals surface area contributed by atoms with Crippen molar-refractivity contribution < 1.29 is 19.9 Å². The SMILES string of the molecule is O=C1NC(=Nc2ccccc2[N+](=O)[O-])S/C1=C\c1ccc(O)cc1O. The van der Waals surface area contributed by atoms with Gasteiger partial charge in [0.1, 0.15) is 17.2 Å². The maximum absolute atomic E-state index is 12.0. The average molecular weight is 357 g/mol. The van der Waals surface area contributed by atoms with Crippen LogP contribution in [0.15, 0.2) is 52.4 Å². The number of phenols is 2. The van der Waals surface area contributed by atoms with E-state index < -0.39 is 10.8 Å². The Bertz CT molecular complexity index is 939. The number of rotatable bonds is 3. The number of nitro benzene ring substituents is 1. The summed E-state index contributed by atoms with van der Waals surface area (Å²) in [6.45, 7) is 0. The second kappa shape index (κ2) is 6.65. The summed E-state index contributed by atoms with van der Waals surface area (Å²) in [6.07, 6.45) is 1.44. The number of thioether (sulfide) groups is 1. The normalized spacial score (nSPS) is 17.0. The van der Waals surface area contributed by atoms with Crippen LogP contribution in [0.4, 0.5) is 11.4 Å². The maximum atomic E-state index is 12.0. The molecule has 3 N–H and O–H groups in total. The number of carbonyl (C=O) groups is 1. The topological polar surface area (TPSA) is 125 Å². The minimum Gasteiger partial charge on any atom is -0.508 e. The molecule has 9 heteroatoms. The molecule has 1 aliphatic rings. The van der Waals surface area contributed by atoms with Crippen LogP contribution in [0.1, 0.15) is 5.56 Å². The lowest BCUT2D eigenvalue weighted by molar-refractivity contribution is -0.384. The van der Waals surface area contributed by atoms with E-state index in [0.29, 0.717) is 5.56 Å². The molecule has 1 saturated heterocycles. The molecule has 1 aliphatic heterocycles. The molecular formula is C16H11N3O5S. The summed E-state index contributed by atoms with van der Waals surface area (Å²) in [5.74, 6) is -0.707. The summed E-state index contributed by atoms with van der Waals surface area (Å²) in [4.78, 5) is 26.9. The molecule has 0 bridgehead atoms. The first kappa shape index (κ1) is 16.5. The van der Waals surface area contributed by atoms with Crippen molar-refractivity contribution >= 4 is 40.3 Å². The molecule has 1 fully saturated rings. The first-order valence-corrected chi connectivity index (χ1v) is 7.80. The number of amides is 1. The zero-order valence-electron chi connectivity index (χ0n) is 12.5. The lowest BCUT2D eigenvalue weighted by Gasteiger charge is -2.00. The highest BCUT2D eigenvalue weighted by Crippen LogP contribution is 2.33. The summed E-state index contributed by atoms with van der Waals surface area (Å²) in [5.41, 5.74) is 0.310. The number of nitro groups is 1. The Hall–Kier alpha value is -3.33. The van der Waals surface area contributed by atoms with Gasteiger partial charge in [-0.15, -0.1) is 0 Å². The molecule has 0 saturated carbocycles. The van der Waals surface area contributed by atoms with Crippen molar-refractivity contribution in [3.05, 3.63) is 63.0 Å². The van der Waals surface area contributed by atoms with E-state index in [4.69, 9.17) is 0 Å². The number of amidine groups is 1. The van der Waals surface area contributed by atoms with E-state index >= 15 is 0 Å². The van der Waals surface area contributed by atoms with E-state index in [1.54, 1.807) is 6.07 Å². The second-order valence-electron chi connectivity index (χ2n) is 4.97. The predicted molar refractivity (Wildman–Crippen MR) is 93.7 cm³/mol. The van der Waals surface area contributed by atoms with Gasteiger partial charge >= 0.3 is 0 Å². The van der Waals surface area contributed by atoms with Crippen molar-refractivity contribution in [3.63, 3.8) is 0 Å². The van der Waals surface area contributed by atoms with Crippen LogP contribution in [0, 0.1) is 10.1 Å². The molecule has 0 aromatic heterocycles. The smallest absolute Gasteiger partial charge is 0.294 e. The minimum absolute atomic E-state index is 0.0955. The van der Waals surface area contributed by atoms with E-state index in [1.807, 2.05) is 0 Å². The number of phenolic OH excluding ortho intramolecular Hbond substituents is 2. The van der Waals surface area contributed by atoms with Gasteiger partial charge in [-0.25, -0.2) is 4.99 Å².